The molecule has 0 spiro atoms. The third-order valence-corrected chi connectivity index (χ3v) is 3.72. The summed E-state index contributed by atoms with van der Waals surface area (Å²) in [7, 11) is 0. The Morgan fingerprint density at radius 2 is 2.37 bits per heavy atom. The van der Waals surface area contributed by atoms with Crippen molar-refractivity contribution < 1.29 is 4.74 Å². The highest BCUT2D eigenvalue weighted by molar-refractivity contribution is 9.10. The van der Waals surface area contributed by atoms with E-state index in [1.807, 2.05) is 0 Å². The van der Waals surface area contributed by atoms with Crippen LogP contribution in [0.15, 0.2) is 10.7 Å². The molecule has 5 nitrogen and oxygen atoms in total. The number of ether oxygens (including phenoxy) is 1. The van der Waals surface area contributed by atoms with E-state index >= 15 is 0 Å². The van der Waals surface area contributed by atoms with Crippen molar-refractivity contribution in [3.63, 3.8) is 0 Å². The standard InChI is InChI=1S/C13H21BrN4O/c1-3-6-15-12-16-8-10(14)11(17-12)18-13(2)5-4-7-19-9-13/h8H,3-7,9H2,1-2H3,(H2,15,16,17,18). The Labute approximate surface area is 122 Å². The number of halogens is 1. The van der Waals surface area contributed by atoms with Crippen molar-refractivity contribution in [3.8, 4) is 0 Å². The summed E-state index contributed by atoms with van der Waals surface area (Å²) in [6, 6.07) is 0. The van der Waals surface area contributed by atoms with Crippen molar-refractivity contribution in [3.05, 3.63) is 10.7 Å². The number of hydrogen-bond donors (Lipinski definition) is 2. The van der Waals surface area contributed by atoms with Crippen molar-refractivity contribution in [2.45, 2.75) is 38.6 Å². The molecule has 2 rings (SSSR count). The first-order valence-electron chi connectivity index (χ1n) is 6.75. The van der Waals surface area contributed by atoms with E-state index in [4.69, 9.17) is 4.74 Å². The monoisotopic (exact) mass is 328 g/mol. The predicted molar refractivity (Wildman–Crippen MR) is 80.6 cm³/mol. The van der Waals surface area contributed by atoms with Crippen LogP contribution in [0.4, 0.5) is 11.8 Å². The fourth-order valence-electron chi connectivity index (χ4n) is 2.10. The molecule has 0 aromatic carbocycles. The van der Waals surface area contributed by atoms with Gasteiger partial charge in [-0.2, -0.15) is 4.98 Å². The lowest BCUT2D eigenvalue weighted by atomic mass is 9.95. The molecule has 0 radical (unpaired) electrons. The van der Waals surface area contributed by atoms with Gasteiger partial charge in [0, 0.05) is 19.3 Å². The van der Waals surface area contributed by atoms with E-state index in [-0.39, 0.29) is 5.54 Å². The summed E-state index contributed by atoms with van der Waals surface area (Å²) in [4.78, 5) is 8.77. The van der Waals surface area contributed by atoms with E-state index in [0.29, 0.717) is 12.6 Å². The maximum absolute atomic E-state index is 5.56. The Kier molecular flexibility index (Phi) is 4.99. The molecular weight excluding hydrogens is 308 g/mol. The highest BCUT2D eigenvalue weighted by Gasteiger charge is 2.28. The lowest BCUT2D eigenvalue weighted by molar-refractivity contribution is 0.0538. The van der Waals surface area contributed by atoms with Crippen LogP contribution in [-0.2, 0) is 4.74 Å². The van der Waals surface area contributed by atoms with Gasteiger partial charge in [-0.1, -0.05) is 6.92 Å². The van der Waals surface area contributed by atoms with Gasteiger partial charge in [-0.05, 0) is 42.1 Å². The number of anilines is 2. The molecule has 19 heavy (non-hydrogen) atoms. The van der Waals surface area contributed by atoms with Gasteiger partial charge in [0.25, 0.3) is 0 Å². The lowest BCUT2D eigenvalue weighted by Gasteiger charge is -2.35. The molecule has 1 atom stereocenters. The van der Waals surface area contributed by atoms with Gasteiger partial charge < -0.3 is 15.4 Å². The zero-order valence-electron chi connectivity index (χ0n) is 11.5. The summed E-state index contributed by atoms with van der Waals surface area (Å²) in [5, 5.41) is 6.68. The third-order valence-electron chi connectivity index (χ3n) is 3.14. The normalized spacial score (nSPS) is 23.1. The van der Waals surface area contributed by atoms with Crippen LogP contribution in [0.5, 0.6) is 0 Å². The number of hydrogen-bond acceptors (Lipinski definition) is 5. The molecule has 1 aliphatic heterocycles. The van der Waals surface area contributed by atoms with E-state index in [1.165, 1.54) is 0 Å². The van der Waals surface area contributed by atoms with Gasteiger partial charge in [0.05, 0.1) is 16.6 Å². The summed E-state index contributed by atoms with van der Waals surface area (Å²) in [5.74, 6) is 1.48. The van der Waals surface area contributed by atoms with Gasteiger partial charge in [0.1, 0.15) is 5.82 Å². The minimum atomic E-state index is -0.0584. The number of aromatic nitrogens is 2. The lowest BCUT2D eigenvalue weighted by Crippen LogP contribution is -2.43. The van der Waals surface area contributed by atoms with Gasteiger partial charge in [-0.15, -0.1) is 0 Å². The largest absolute Gasteiger partial charge is 0.379 e. The molecule has 0 amide bonds. The first-order chi connectivity index (χ1) is 9.13. The van der Waals surface area contributed by atoms with Crippen molar-refractivity contribution in [2.75, 3.05) is 30.4 Å². The van der Waals surface area contributed by atoms with Crippen LogP contribution in [0.1, 0.15) is 33.1 Å². The molecule has 1 aromatic heterocycles. The molecular formula is C13H21BrN4O. The smallest absolute Gasteiger partial charge is 0.224 e. The Morgan fingerprint density at radius 3 is 3.05 bits per heavy atom. The summed E-state index contributed by atoms with van der Waals surface area (Å²) < 4.78 is 6.43. The topological polar surface area (TPSA) is 59.1 Å². The first-order valence-corrected chi connectivity index (χ1v) is 7.54. The van der Waals surface area contributed by atoms with Gasteiger partial charge in [0.2, 0.25) is 5.95 Å². The molecule has 0 saturated carbocycles. The molecule has 1 aliphatic rings. The van der Waals surface area contributed by atoms with Crippen LogP contribution in [0, 0.1) is 0 Å². The highest BCUT2D eigenvalue weighted by atomic mass is 79.9. The minimum Gasteiger partial charge on any atom is -0.379 e. The zero-order chi connectivity index (χ0) is 13.7. The second kappa shape index (κ2) is 6.52. The molecule has 0 bridgehead atoms. The average Bonchev–Trinajstić information content (AvgIpc) is 2.40. The summed E-state index contributed by atoms with van der Waals surface area (Å²) in [5.41, 5.74) is -0.0584. The maximum atomic E-state index is 5.56. The maximum Gasteiger partial charge on any atom is 0.224 e. The van der Waals surface area contributed by atoms with Crippen LogP contribution in [0.25, 0.3) is 0 Å². The summed E-state index contributed by atoms with van der Waals surface area (Å²) in [6.45, 7) is 6.72. The molecule has 2 heterocycles. The number of nitrogens with zero attached hydrogens (tertiary/aromatic N) is 2. The molecule has 1 saturated heterocycles. The van der Waals surface area contributed by atoms with E-state index < -0.39 is 0 Å². The first kappa shape index (κ1) is 14.5. The van der Waals surface area contributed by atoms with Gasteiger partial charge in [-0.25, -0.2) is 4.98 Å². The van der Waals surface area contributed by atoms with Crippen LogP contribution >= 0.6 is 15.9 Å². The molecule has 2 N–H and O–H groups in total. The Balaban J connectivity index is 2.09. The van der Waals surface area contributed by atoms with Crippen LogP contribution in [0.3, 0.4) is 0 Å². The molecule has 1 aromatic rings. The average molecular weight is 329 g/mol. The Bertz CT molecular complexity index is 421. The van der Waals surface area contributed by atoms with Gasteiger partial charge in [-0.3, -0.25) is 0 Å². The third kappa shape index (κ3) is 4.04. The van der Waals surface area contributed by atoms with E-state index in [2.05, 4.69) is 50.4 Å². The number of nitrogens with one attached hydrogen (secondary N) is 2. The molecule has 6 heteroatoms. The number of rotatable bonds is 5. The minimum absolute atomic E-state index is 0.0584. The van der Waals surface area contributed by atoms with E-state index in [0.717, 1.165) is 42.7 Å². The second-order valence-electron chi connectivity index (χ2n) is 5.16. The zero-order valence-corrected chi connectivity index (χ0v) is 13.1. The molecule has 106 valence electrons. The van der Waals surface area contributed by atoms with Gasteiger partial charge in [0.15, 0.2) is 0 Å². The fraction of sp³-hybridized carbons (Fsp3) is 0.692. The van der Waals surface area contributed by atoms with Crippen molar-refractivity contribution in [1.29, 1.82) is 0 Å². The van der Waals surface area contributed by atoms with E-state index in [9.17, 15) is 0 Å². The van der Waals surface area contributed by atoms with Crippen molar-refractivity contribution in [1.82, 2.24) is 9.97 Å². The van der Waals surface area contributed by atoms with Crippen LogP contribution < -0.4 is 10.6 Å². The van der Waals surface area contributed by atoms with Crippen molar-refractivity contribution >= 4 is 27.7 Å². The quantitative estimate of drug-likeness (QED) is 0.869. The van der Waals surface area contributed by atoms with Crippen LogP contribution in [-0.4, -0.2) is 35.3 Å². The highest BCUT2D eigenvalue weighted by Crippen LogP contribution is 2.27. The predicted octanol–water partition coefficient (Wildman–Crippen LogP) is 3.04. The Hall–Kier alpha value is -0.880. The molecule has 0 aliphatic carbocycles. The summed E-state index contributed by atoms with van der Waals surface area (Å²) >= 11 is 3.49. The fourth-order valence-corrected chi connectivity index (χ4v) is 2.39. The molecule has 1 unspecified atom stereocenters. The van der Waals surface area contributed by atoms with E-state index in [1.54, 1.807) is 6.20 Å². The van der Waals surface area contributed by atoms with Crippen molar-refractivity contribution in [2.24, 2.45) is 0 Å². The van der Waals surface area contributed by atoms with Crippen LogP contribution in [0.2, 0.25) is 0 Å². The second-order valence-corrected chi connectivity index (χ2v) is 6.01. The SMILES string of the molecule is CCCNc1ncc(Br)c(NC2(C)CCCOC2)n1. The molecule has 1 fully saturated rings. The summed E-state index contributed by atoms with van der Waals surface area (Å²) in [6.07, 6.45) is 4.99. The van der Waals surface area contributed by atoms with Gasteiger partial charge >= 0.3 is 0 Å². The Morgan fingerprint density at radius 1 is 1.53 bits per heavy atom.